The van der Waals surface area contributed by atoms with Crippen molar-refractivity contribution >= 4 is 32.4 Å². The first kappa shape index (κ1) is 15.3. The van der Waals surface area contributed by atoms with E-state index in [1.807, 2.05) is 7.05 Å². The fourth-order valence-electron chi connectivity index (χ4n) is 1.79. The standard InChI is InChI=1S/C13H15BrFN3OS/c1-13(2,19)7-18(3)12-17-16-11(20-12)9-6-8(14)4-5-10(9)15/h4-6,19H,7H2,1-3H3. The van der Waals surface area contributed by atoms with E-state index in [9.17, 15) is 9.50 Å². The maximum Gasteiger partial charge on any atom is 0.208 e. The van der Waals surface area contributed by atoms with Gasteiger partial charge < -0.3 is 10.0 Å². The summed E-state index contributed by atoms with van der Waals surface area (Å²) in [6.45, 7) is 3.86. The number of hydrogen-bond donors (Lipinski definition) is 1. The fourth-order valence-corrected chi connectivity index (χ4v) is 2.97. The summed E-state index contributed by atoms with van der Waals surface area (Å²) in [5.74, 6) is -0.332. The van der Waals surface area contributed by atoms with E-state index in [0.29, 0.717) is 22.2 Å². The van der Waals surface area contributed by atoms with Crippen LogP contribution in [-0.2, 0) is 0 Å². The summed E-state index contributed by atoms with van der Waals surface area (Å²) in [5, 5.41) is 19.0. The number of benzene rings is 1. The summed E-state index contributed by atoms with van der Waals surface area (Å²) in [6, 6.07) is 4.71. The first-order valence-electron chi connectivity index (χ1n) is 5.99. The molecule has 1 heterocycles. The maximum absolute atomic E-state index is 13.8. The first-order valence-corrected chi connectivity index (χ1v) is 7.60. The molecule has 0 aliphatic rings. The van der Waals surface area contributed by atoms with Gasteiger partial charge >= 0.3 is 0 Å². The second-order valence-corrected chi connectivity index (χ2v) is 7.05. The normalized spacial score (nSPS) is 11.7. The summed E-state index contributed by atoms with van der Waals surface area (Å²) < 4.78 is 14.6. The van der Waals surface area contributed by atoms with Gasteiger partial charge in [-0.2, -0.15) is 0 Å². The van der Waals surface area contributed by atoms with E-state index in [4.69, 9.17) is 0 Å². The quantitative estimate of drug-likeness (QED) is 0.909. The number of hydrogen-bond acceptors (Lipinski definition) is 5. The predicted octanol–water partition coefficient (Wildman–Crippen LogP) is 3.31. The smallest absolute Gasteiger partial charge is 0.208 e. The Kier molecular flexibility index (Phi) is 4.41. The first-order chi connectivity index (χ1) is 9.26. The Labute approximate surface area is 129 Å². The summed E-state index contributed by atoms with van der Waals surface area (Å²) in [5.41, 5.74) is -0.415. The fraction of sp³-hybridized carbons (Fsp3) is 0.385. The van der Waals surface area contributed by atoms with Gasteiger partial charge in [-0.15, -0.1) is 10.2 Å². The molecule has 0 saturated carbocycles. The largest absolute Gasteiger partial charge is 0.389 e. The topological polar surface area (TPSA) is 49.2 Å². The molecule has 0 amide bonds. The molecule has 20 heavy (non-hydrogen) atoms. The van der Waals surface area contributed by atoms with Gasteiger partial charge in [-0.1, -0.05) is 27.3 Å². The highest BCUT2D eigenvalue weighted by molar-refractivity contribution is 9.10. The van der Waals surface area contributed by atoms with Gasteiger partial charge in [0.15, 0.2) is 5.01 Å². The number of nitrogens with zero attached hydrogens (tertiary/aromatic N) is 3. The van der Waals surface area contributed by atoms with Crippen LogP contribution >= 0.6 is 27.3 Å². The summed E-state index contributed by atoms with van der Waals surface area (Å²) >= 11 is 4.60. The maximum atomic E-state index is 13.8. The molecule has 1 aromatic heterocycles. The van der Waals surface area contributed by atoms with Crippen molar-refractivity contribution in [1.82, 2.24) is 10.2 Å². The highest BCUT2D eigenvalue weighted by Gasteiger charge is 2.19. The molecule has 108 valence electrons. The highest BCUT2D eigenvalue weighted by Crippen LogP contribution is 2.32. The van der Waals surface area contributed by atoms with E-state index in [0.717, 1.165) is 4.47 Å². The molecule has 4 nitrogen and oxygen atoms in total. The Balaban J connectivity index is 2.27. The van der Waals surface area contributed by atoms with Crippen molar-refractivity contribution < 1.29 is 9.50 Å². The second kappa shape index (κ2) is 5.75. The van der Waals surface area contributed by atoms with Gasteiger partial charge in [-0.25, -0.2) is 4.39 Å². The zero-order chi connectivity index (χ0) is 14.9. The third-order valence-electron chi connectivity index (χ3n) is 2.52. The zero-order valence-electron chi connectivity index (χ0n) is 11.4. The average Bonchev–Trinajstić information content (AvgIpc) is 2.79. The van der Waals surface area contributed by atoms with Crippen LogP contribution in [0, 0.1) is 5.82 Å². The van der Waals surface area contributed by atoms with Gasteiger partial charge in [0.2, 0.25) is 5.13 Å². The van der Waals surface area contributed by atoms with Gasteiger partial charge in [-0.3, -0.25) is 0 Å². The van der Waals surface area contributed by atoms with Crippen LogP contribution in [0.3, 0.4) is 0 Å². The molecular weight excluding hydrogens is 345 g/mol. The molecule has 0 saturated heterocycles. The Morgan fingerprint density at radius 3 is 2.75 bits per heavy atom. The van der Waals surface area contributed by atoms with E-state index in [2.05, 4.69) is 26.1 Å². The molecule has 0 fully saturated rings. The number of halogens is 2. The van der Waals surface area contributed by atoms with E-state index in [1.165, 1.54) is 17.4 Å². The molecule has 0 radical (unpaired) electrons. The van der Waals surface area contributed by atoms with E-state index < -0.39 is 5.60 Å². The molecule has 0 spiro atoms. The van der Waals surface area contributed by atoms with Gasteiger partial charge in [0.25, 0.3) is 0 Å². The van der Waals surface area contributed by atoms with Crippen LogP contribution in [0.25, 0.3) is 10.6 Å². The number of aromatic nitrogens is 2. The Hall–Kier alpha value is -1.05. The molecule has 0 unspecified atom stereocenters. The SMILES string of the molecule is CN(CC(C)(C)O)c1nnc(-c2cc(Br)ccc2F)s1. The lowest BCUT2D eigenvalue weighted by Crippen LogP contribution is -2.36. The molecule has 2 rings (SSSR count). The molecule has 0 atom stereocenters. The monoisotopic (exact) mass is 359 g/mol. The minimum absolute atomic E-state index is 0.332. The molecule has 0 aliphatic carbocycles. The zero-order valence-corrected chi connectivity index (χ0v) is 13.8. The number of aliphatic hydroxyl groups is 1. The average molecular weight is 360 g/mol. The third-order valence-corrected chi connectivity index (χ3v) is 4.09. The van der Waals surface area contributed by atoms with Crippen molar-refractivity contribution in [3.8, 4) is 10.6 Å². The summed E-state index contributed by atoms with van der Waals surface area (Å²) in [4.78, 5) is 1.80. The van der Waals surface area contributed by atoms with E-state index in [-0.39, 0.29) is 5.82 Å². The van der Waals surface area contributed by atoms with Crippen molar-refractivity contribution in [2.45, 2.75) is 19.4 Å². The second-order valence-electron chi connectivity index (χ2n) is 5.18. The van der Waals surface area contributed by atoms with Crippen molar-refractivity contribution in [2.24, 2.45) is 0 Å². The predicted molar refractivity (Wildman–Crippen MR) is 82.6 cm³/mol. The molecule has 2 aromatic rings. The van der Waals surface area contributed by atoms with Crippen molar-refractivity contribution in [2.75, 3.05) is 18.5 Å². The minimum Gasteiger partial charge on any atom is -0.389 e. The molecule has 1 aromatic carbocycles. The van der Waals surface area contributed by atoms with Crippen molar-refractivity contribution in [3.05, 3.63) is 28.5 Å². The lowest BCUT2D eigenvalue weighted by atomic mass is 10.1. The lowest BCUT2D eigenvalue weighted by Gasteiger charge is -2.24. The lowest BCUT2D eigenvalue weighted by molar-refractivity contribution is 0.0886. The van der Waals surface area contributed by atoms with Crippen LogP contribution in [0.5, 0.6) is 0 Å². The Bertz CT molecular complexity index is 612. The van der Waals surface area contributed by atoms with E-state index >= 15 is 0 Å². The molecule has 1 N–H and O–H groups in total. The van der Waals surface area contributed by atoms with Gasteiger partial charge in [0.05, 0.1) is 5.60 Å². The van der Waals surface area contributed by atoms with Gasteiger partial charge in [0, 0.05) is 23.6 Å². The van der Waals surface area contributed by atoms with Crippen LogP contribution in [0.4, 0.5) is 9.52 Å². The van der Waals surface area contributed by atoms with Crippen molar-refractivity contribution in [3.63, 3.8) is 0 Å². The highest BCUT2D eigenvalue weighted by atomic mass is 79.9. The van der Waals surface area contributed by atoms with Gasteiger partial charge in [-0.05, 0) is 32.0 Å². The van der Waals surface area contributed by atoms with Crippen LogP contribution < -0.4 is 4.90 Å². The van der Waals surface area contributed by atoms with Crippen LogP contribution in [-0.4, -0.2) is 34.5 Å². The van der Waals surface area contributed by atoms with E-state index in [1.54, 1.807) is 30.9 Å². The third kappa shape index (κ3) is 3.74. The van der Waals surface area contributed by atoms with Crippen LogP contribution in [0.1, 0.15) is 13.8 Å². The number of rotatable bonds is 4. The molecule has 0 aliphatic heterocycles. The Morgan fingerprint density at radius 2 is 2.10 bits per heavy atom. The van der Waals surface area contributed by atoms with Crippen molar-refractivity contribution in [1.29, 1.82) is 0 Å². The number of likely N-dealkylation sites (N-methyl/N-ethyl adjacent to an activating group) is 1. The minimum atomic E-state index is -0.832. The molecular formula is C13H15BrFN3OS. The molecule has 7 heteroatoms. The van der Waals surface area contributed by atoms with Crippen LogP contribution in [0.15, 0.2) is 22.7 Å². The number of anilines is 1. The molecule has 0 bridgehead atoms. The summed E-state index contributed by atoms with van der Waals surface area (Å²) in [7, 11) is 1.82. The summed E-state index contributed by atoms with van der Waals surface area (Å²) in [6.07, 6.45) is 0. The Morgan fingerprint density at radius 1 is 1.40 bits per heavy atom. The van der Waals surface area contributed by atoms with Crippen LogP contribution in [0.2, 0.25) is 0 Å². The van der Waals surface area contributed by atoms with Gasteiger partial charge in [0.1, 0.15) is 5.82 Å².